The van der Waals surface area contributed by atoms with Crippen LogP contribution in [0.2, 0.25) is 0 Å². The van der Waals surface area contributed by atoms with E-state index in [0.717, 1.165) is 39.1 Å². The fraction of sp³-hybridized carbons (Fsp3) is 0.194. The Kier molecular flexibility index (Phi) is 7.80. The minimum absolute atomic E-state index is 0.0541. The second kappa shape index (κ2) is 13.2. The molecule has 0 aliphatic rings. The van der Waals surface area contributed by atoms with Crippen molar-refractivity contribution in [1.82, 2.24) is 8.80 Å². The lowest BCUT2D eigenvalue weighted by Crippen LogP contribution is -2.11. The van der Waals surface area contributed by atoms with Crippen molar-refractivity contribution in [2.75, 3.05) is 4.90 Å². The zero-order valence-electron chi connectivity index (χ0n) is 39.3. The van der Waals surface area contributed by atoms with E-state index in [4.69, 9.17) is 4.42 Å². The van der Waals surface area contributed by atoms with Crippen LogP contribution in [0.25, 0.3) is 98.5 Å². The minimum atomic E-state index is -0.0679. The predicted molar refractivity (Wildman–Crippen MR) is 282 cm³/mol. The van der Waals surface area contributed by atoms with Gasteiger partial charge in [0, 0.05) is 65.7 Å². The highest BCUT2D eigenvalue weighted by Gasteiger charge is 2.30. The van der Waals surface area contributed by atoms with Gasteiger partial charge in [-0.2, -0.15) is 0 Å². The van der Waals surface area contributed by atoms with E-state index in [1.54, 1.807) is 0 Å². The molecule has 322 valence electrons. The van der Waals surface area contributed by atoms with Crippen molar-refractivity contribution in [1.29, 1.82) is 0 Å². The first kappa shape index (κ1) is 39.1. The number of benzene rings is 8. The Morgan fingerprint density at radius 1 is 0.364 bits per heavy atom. The van der Waals surface area contributed by atoms with E-state index in [0.29, 0.717) is 0 Å². The molecule has 13 aromatic rings. The molecule has 0 fully saturated rings. The minimum Gasteiger partial charge on any atom is -0.454 e. The van der Waals surface area contributed by atoms with E-state index in [-0.39, 0.29) is 16.2 Å². The highest BCUT2D eigenvalue weighted by atomic mass is 16.3. The molecule has 0 N–H and O–H groups in total. The fourth-order valence-electron chi connectivity index (χ4n) is 11.1. The monoisotopic (exact) mass is 855 g/mol. The Balaban J connectivity index is 1.16. The van der Waals surface area contributed by atoms with Crippen LogP contribution in [0.4, 0.5) is 17.1 Å². The second-order valence-corrected chi connectivity index (χ2v) is 21.9. The van der Waals surface area contributed by atoms with Gasteiger partial charge in [-0.05, 0) is 136 Å². The van der Waals surface area contributed by atoms with Gasteiger partial charge in [0.05, 0.1) is 27.6 Å². The first-order valence-electron chi connectivity index (χ1n) is 23.5. The van der Waals surface area contributed by atoms with Gasteiger partial charge in [0.1, 0.15) is 11.1 Å². The zero-order valence-corrected chi connectivity index (χ0v) is 39.3. The molecule has 0 radical (unpaired) electrons. The lowest BCUT2D eigenvalue weighted by molar-refractivity contribution is 0.591. The van der Waals surface area contributed by atoms with Crippen LogP contribution in [-0.2, 0) is 16.2 Å². The maximum absolute atomic E-state index is 6.76. The molecule has 4 heteroatoms. The predicted octanol–water partition coefficient (Wildman–Crippen LogP) is 17.8. The third-order valence-electron chi connectivity index (χ3n) is 14.6. The SMILES string of the molecule is CC(C)(C)c1cc(-c2ccc(N(c3ccccc3)c3ccccc3)cc2)c2c(c1)c1cc(C(C)(C)C)cc3c4cc5c(cc4n2c31)c1cc(C(C)(C)C)cc2c3oc4ccccc4c3n5c12. The molecule has 0 saturated heterocycles. The molecule has 0 spiro atoms. The molecule has 5 aromatic heterocycles. The standard InChI is InChI=1S/C62H53N3O/c1-60(2,3)37-28-44(36-24-26-42(27-25-36)63(40-18-12-10-13-19-40)41-20-14-11-15-21-41)55-49(31-37)50-32-38(61(4,5)6)29-47-45-35-53-46(34-52(45)64(55)56(47)50)48-30-39(62(7,8)9)33-51-57(48)65(53)58-43-22-16-17-23-54(43)66-59(51)58/h10-35H,1-9H3. The summed E-state index contributed by atoms with van der Waals surface area (Å²) in [7, 11) is 0. The topological polar surface area (TPSA) is 25.2 Å². The van der Waals surface area contributed by atoms with E-state index >= 15 is 0 Å². The Bertz CT molecular complexity index is 4030. The molecule has 13 rings (SSSR count). The maximum Gasteiger partial charge on any atom is 0.161 e. The van der Waals surface area contributed by atoms with Crippen LogP contribution in [0.3, 0.4) is 0 Å². The van der Waals surface area contributed by atoms with Crippen molar-refractivity contribution in [2.24, 2.45) is 0 Å². The van der Waals surface area contributed by atoms with Crippen LogP contribution in [0.1, 0.15) is 79.0 Å². The van der Waals surface area contributed by atoms with Gasteiger partial charge < -0.3 is 18.1 Å². The number of hydrogen-bond donors (Lipinski definition) is 0. The highest BCUT2D eigenvalue weighted by molar-refractivity contribution is 6.31. The summed E-state index contributed by atoms with van der Waals surface area (Å²) in [6.07, 6.45) is 0. The number of para-hydroxylation sites is 3. The largest absolute Gasteiger partial charge is 0.454 e. The molecule has 0 unspecified atom stereocenters. The summed E-state index contributed by atoms with van der Waals surface area (Å²) in [6.45, 7) is 21.0. The number of aromatic nitrogens is 2. The van der Waals surface area contributed by atoms with Crippen LogP contribution >= 0.6 is 0 Å². The molecular formula is C62H53N3O. The molecule has 66 heavy (non-hydrogen) atoms. The Morgan fingerprint density at radius 3 is 1.33 bits per heavy atom. The molecule has 0 amide bonds. The van der Waals surface area contributed by atoms with Gasteiger partial charge in [-0.1, -0.05) is 123 Å². The van der Waals surface area contributed by atoms with E-state index < -0.39 is 0 Å². The van der Waals surface area contributed by atoms with Gasteiger partial charge >= 0.3 is 0 Å². The first-order valence-corrected chi connectivity index (χ1v) is 23.5. The molecule has 5 heterocycles. The normalized spacial score (nSPS) is 13.2. The number of rotatable bonds is 4. The molecule has 4 nitrogen and oxygen atoms in total. The highest BCUT2D eigenvalue weighted by Crippen LogP contribution is 2.50. The Hall–Kier alpha value is -7.30. The number of furan rings is 1. The number of fused-ring (bicyclic) bond motifs is 14. The van der Waals surface area contributed by atoms with Crippen molar-refractivity contribution >= 4 is 104 Å². The first-order chi connectivity index (χ1) is 31.6. The summed E-state index contributed by atoms with van der Waals surface area (Å²) in [4.78, 5) is 2.34. The number of nitrogens with zero attached hydrogens (tertiary/aromatic N) is 3. The molecule has 0 aliphatic carbocycles. The molecule has 0 bridgehead atoms. The van der Waals surface area contributed by atoms with Gasteiger partial charge in [0.2, 0.25) is 0 Å². The summed E-state index contributed by atoms with van der Waals surface area (Å²) in [6, 6.07) is 59.0. The van der Waals surface area contributed by atoms with Crippen molar-refractivity contribution < 1.29 is 4.42 Å². The molecule has 0 aliphatic heterocycles. The van der Waals surface area contributed by atoms with Crippen molar-refractivity contribution in [3.05, 3.63) is 174 Å². The van der Waals surface area contributed by atoms with Gasteiger partial charge in [0.15, 0.2) is 5.58 Å². The average molecular weight is 856 g/mol. The summed E-state index contributed by atoms with van der Waals surface area (Å²) < 4.78 is 11.9. The summed E-state index contributed by atoms with van der Waals surface area (Å²) in [5.41, 5.74) is 18.9. The third-order valence-corrected chi connectivity index (χ3v) is 14.6. The van der Waals surface area contributed by atoms with Crippen molar-refractivity contribution in [2.45, 2.75) is 78.6 Å². The Labute approximate surface area is 385 Å². The average Bonchev–Trinajstić information content (AvgIpc) is 4.09. The number of anilines is 3. The lowest BCUT2D eigenvalue weighted by atomic mass is 9.83. The van der Waals surface area contributed by atoms with Gasteiger partial charge in [-0.25, -0.2) is 0 Å². The molecular weight excluding hydrogens is 803 g/mol. The van der Waals surface area contributed by atoms with Crippen LogP contribution in [0.5, 0.6) is 0 Å². The summed E-state index contributed by atoms with van der Waals surface area (Å²) in [5.74, 6) is 0. The second-order valence-electron chi connectivity index (χ2n) is 21.9. The van der Waals surface area contributed by atoms with Gasteiger partial charge in [-0.3, -0.25) is 0 Å². The lowest BCUT2D eigenvalue weighted by Gasteiger charge is -2.26. The quantitative estimate of drug-likeness (QED) is 0.176. The zero-order chi connectivity index (χ0) is 45.2. The smallest absolute Gasteiger partial charge is 0.161 e. The van der Waals surface area contributed by atoms with Crippen LogP contribution in [-0.4, -0.2) is 8.80 Å². The fourth-order valence-corrected chi connectivity index (χ4v) is 11.1. The van der Waals surface area contributed by atoms with Gasteiger partial charge in [-0.15, -0.1) is 0 Å². The number of hydrogen-bond acceptors (Lipinski definition) is 2. The van der Waals surface area contributed by atoms with Crippen LogP contribution in [0, 0.1) is 0 Å². The third kappa shape index (κ3) is 5.45. The molecule has 0 atom stereocenters. The van der Waals surface area contributed by atoms with E-state index in [1.165, 1.54) is 93.1 Å². The van der Waals surface area contributed by atoms with Gasteiger partial charge in [0.25, 0.3) is 0 Å². The van der Waals surface area contributed by atoms with Crippen LogP contribution < -0.4 is 4.90 Å². The van der Waals surface area contributed by atoms with E-state index in [1.807, 2.05) is 0 Å². The van der Waals surface area contributed by atoms with E-state index in [9.17, 15) is 0 Å². The van der Waals surface area contributed by atoms with Crippen LogP contribution in [0.15, 0.2) is 162 Å². The van der Waals surface area contributed by atoms with E-state index in [2.05, 4.69) is 234 Å². The Morgan fingerprint density at radius 2 is 0.788 bits per heavy atom. The van der Waals surface area contributed by atoms with Crippen molar-refractivity contribution in [3.63, 3.8) is 0 Å². The summed E-state index contributed by atoms with van der Waals surface area (Å²) in [5, 5.41) is 10.1. The maximum atomic E-state index is 6.76. The summed E-state index contributed by atoms with van der Waals surface area (Å²) >= 11 is 0. The van der Waals surface area contributed by atoms with Crippen molar-refractivity contribution in [3.8, 4) is 11.1 Å². The molecule has 8 aromatic carbocycles. The molecule has 0 saturated carbocycles.